The lowest BCUT2D eigenvalue weighted by molar-refractivity contribution is -0.116. The third-order valence-electron chi connectivity index (χ3n) is 3.98. The van der Waals surface area contributed by atoms with Gasteiger partial charge >= 0.3 is 4.87 Å². The number of rotatable bonds is 4. The second kappa shape index (κ2) is 6.57. The zero-order valence-electron chi connectivity index (χ0n) is 13.9. The summed E-state index contributed by atoms with van der Waals surface area (Å²) in [6, 6.07) is 9.25. The van der Waals surface area contributed by atoms with Crippen LogP contribution < -0.4 is 10.2 Å². The van der Waals surface area contributed by atoms with Crippen LogP contribution >= 0.6 is 11.3 Å². The van der Waals surface area contributed by atoms with E-state index in [9.17, 15) is 9.59 Å². The van der Waals surface area contributed by atoms with Crippen molar-refractivity contribution in [2.24, 2.45) is 0 Å². The predicted octanol–water partition coefficient (Wildman–Crippen LogP) is 2.57. The molecule has 1 aromatic carbocycles. The SMILES string of the molecule is Cc1csc(=O)n1CC(=O)Nc1ccc(-c2cn3cccnc3n2)cc1. The molecule has 7 nitrogen and oxygen atoms in total. The van der Waals surface area contributed by atoms with Gasteiger partial charge in [0.1, 0.15) is 6.54 Å². The van der Waals surface area contributed by atoms with Gasteiger partial charge in [-0.25, -0.2) is 9.97 Å². The molecule has 0 aliphatic heterocycles. The highest BCUT2D eigenvalue weighted by molar-refractivity contribution is 7.07. The van der Waals surface area contributed by atoms with Gasteiger partial charge in [-0.15, -0.1) is 0 Å². The summed E-state index contributed by atoms with van der Waals surface area (Å²) in [5, 5.41) is 4.55. The Balaban J connectivity index is 1.49. The fourth-order valence-electron chi connectivity index (χ4n) is 2.63. The number of hydrogen-bond donors (Lipinski definition) is 1. The minimum atomic E-state index is -0.238. The van der Waals surface area contributed by atoms with Gasteiger partial charge in [0.15, 0.2) is 0 Å². The Kier molecular flexibility index (Phi) is 4.10. The maximum atomic E-state index is 12.2. The number of benzene rings is 1. The zero-order chi connectivity index (χ0) is 18.1. The van der Waals surface area contributed by atoms with E-state index in [0.29, 0.717) is 11.5 Å². The number of carbonyl (C=O) groups is 1. The Bertz CT molecular complexity index is 1110. The van der Waals surface area contributed by atoms with Crippen LogP contribution in [-0.4, -0.2) is 24.8 Å². The Morgan fingerprint density at radius 3 is 2.77 bits per heavy atom. The van der Waals surface area contributed by atoms with E-state index in [0.717, 1.165) is 28.3 Å². The van der Waals surface area contributed by atoms with Crippen LogP contribution in [0.4, 0.5) is 5.69 Å². The number of aromatic nitrogens is 4. The van der Waals surface area contributed by atoms with Crippen molar-refractivity contribution in [2.75, 3.05) is 5.32 Å². The molecular formula is C18H15N5O2S. The van der Waals surface area contributed by atoms with Crippen LogP contribution in [0, 0.1) is 6.92 Å². The first-order chi connectivity index (χ1) is 12.6. The largest absolute Gasteiger partial charge is 0.325 e. The van der Waals surface area contributed by atoms with E-state index < -0.39 is 0 Å². The molecule has 0 aliphatic rings. The number of amides is 1. The molecule has 4 rings (SSSR count). The summed E-state index contributed by atoms with van der Waals surface area (Å²) in [6.07, 6.45) is 5.49. The molecule has 0 saturated carbocycles. The van der Waals surface area contributed by atoms with Crippen LogP contribution in [0.5, 0.6) is 0 Å². The Hall–Kier alpha value is -3.26. The van der Waals surface area contributed by atoms with Crippen molar-refractivity contribution in [2.45, 2.75) is 13.5 Å². The van der Waals surface area contributed by atoms with E-state index in [4.69, 9.17) is 0 Å². The number of aryl methyl sites for hydroxylation is 1. The normalized spacial score (nSPS) is 11.0. The zero-order valence-corrected chi connectivity index (χ0v) is 14.7. The summed E-state index contributed by atoms with van der Waals surface area (Å²) >= 11 is 1.09. The summed E-state index contributed by atoms with van der Waals surface area (Å²) in [5.74, 6) is 0.398. The molecule has 0 spiro atoms. The van der Waals surface area contributed by atoms with Crippen LogP contribution in [-0.2, 0) is 11.3 Å². The summed E-state index contributed by atoms with van der Waals surface area (Å²) < 4.78 is 3.31. The smallest absolute Gasteiger partial charge is 0.307 e. The van der Waals surface area contributed by atoms with Gasteiger partial charge in [-0.3, -0.25) is 18.6 Å². The van der Waals surface area contributed by atoms with Gasteiger partial charge in [-0.05, 0) is 25.1 Å². The highest BCUT2D eigenvalue weighted by Gasteiger charge is 2.09. The van der Waals surface area contributed by atoms with Crippen LogP contribution in [0.2, 0.25) is 0 Å². The summed E-state index contributed by atoms with van der Waals surface area (Å²) in [4.78, 5) is 32.4. The molecule has 26 heavy (non-hydrogen) atoms. The highest BCUT2D eigenvalue weighted by Crippen LogP contribution is 2.20. The van der Waals surface area contributed by atoms with Crippen molar-refractivity contribution in [1.82, 2.24) is 18.9 Å². The maximum Gasteiger partial charge on any atom is 0.307 e. The van der Waals surface area contributed by atoms with Crippen molar-refractivity contribution in [3.63, 3.8) is 0 Å². The molecule has 0 unspecified atom stereocenters. The lowest BCUT2D eigenvalue weighted by atomic mass is 10.1. The molecule has 4 aromatic rings. The van der Waals surface area contributed by atoms with Crippen molar-refractivity contribution in [3.05, 3.63) is 69.7 Å². The first-order valence-electron chi connectivity index (χ1n) is 7.95. The summed E-state index contributed by atoms with van der Waals surface area (Å²) in [5.41, 5.74) is 3.19. The van der Waals surface area contributed by atoms with Gasteiger partial charge in [0, 0.05) is 40.9 Å². The van der Waals surface area contributed by atoms with Crippen LogP contribution in [0.15, 0.2) is 59.1 Å². The number of nitrogens with one attached hydrogen (secondary N) is 1. The number of imidazole rings is 1. The quantitative estimate of drug-likeness (QED) is 0.603. The number of nitrogens with zero attached hydrogens (tertiary/aromatic N) is 4. The number of fused-ring (bicyclic) bond motifs is 1. The molecule has 0 saturated heterocycles. The lowest BCUT2D eigenvalue weighted by Gasteiger charge is -2.07. The number of hydrogen-bond acceptors (Lipinski definition) is 5. The van der Waals surface area contributed by atoms with Crippen LogP contribution in [0.1, 0.15) is 5.69 Å². The Morgan fingerprint density at radius 1 is 1.27 bits per heavy atom. The fraction of sp³-hybridized carbons (Fsp3) is 0.111. The Morgan fingerprint density at radius 2 is 2.08 bits per heavy atom. The molecule has 8 heteroatoms. The van der Waals surface area contributed by atoms with E-state index in [1.165, 1.54) is 4.57 Å². The van der Waals surface area contributed by atoms with Gasteiger partial charge in [0.05, 0.1) is 5.69 Å². The molecule has 1 amide bonds. The van der Waals surface area contributed by atoms with Gasteiger partial charge in [0.25, 0.3) is 0 Å². The van der Waals surface area contributed by atoms with Crippen LogP contribution in [0.25, 0.3) is 17.0 Å². The molecular weight excluding hydrogens is 350 g/mol. The average Bonchev–Trinajstić information content (AvgIpc) is 3.21. The van der Waals surface area contributed by atoms with E-state index in [-0.39, 0.29) is 17.3 Å². The summed E-state index contributed by atoms with van der Waals surface area (Å²) in [7, 11) is 0. The van der Waals surface area contributed by atoms with Gasteiger partial charge in [0.2, 0.25) is 11.7 Å². The molecule has 1 N–H and O–H groups in total. The third kappa shape index (κ3) is 3.14. The molecule has 0 atom stereocenters. The maximum absolute atomic E-state index is 12.2. The topological polar surface area (TPSA) is 81.3 Å². The minimum absolute atomic E-state index is 0.00796. The average molecular weight is 365 g/mol. The first kappa shape index (κ1) is 16.2. The standard InChI is InChI=1S/C18H15N5O2S/c1-12-11-26-18(25)23(12)10-16(24)20-14-5-3-13(4-6-14)15-9-22-8-2-7-19-17(22)21-15/h2-9,11H,10H2,1H3,(H,20,24). The molecule has 0 aliphatic carbocycles. The second-order valence-electron chi connectivity index (χ2n) is 5.81. The third-order valence-corrected chi connectivity index (χ3v) is 4.86. The molecule has 0 fully saturated rings. The van der Waals surface area contributed by atoms with Gasteiger partial charge in [-0.2, -0.15) is 0 Å². The number of anilines is 1. The first-order valence-corrected chi connectivity index (χ1v) is 8.83. The van der Waals surface area contributed by atoms with Crippen LogP contribution in [0.3, 0.4) is 0 Å². The van der Waals surface area contributed by atoms with Gasteiger partial charge in [-0.1, -0.05) is 23.5 Å². The second-order valence-corrected chi connectivity index (χ2v) is 6.63. The monoisotopic (exact) mass is 365 g/mol. The lowest BCUT2D eigenvalue weighted by Crippen LogP contribution is -2.25. The minimum Gasteiger partial charge on any atom is -0.325 e. The highest BCUT2D eigenvalue weighted by atomic mass is 32.1. The molecule has 3 aromatic heterocycles. The van der Waals surface area contributed by atoms with E-state index in [2.05, 4.69) is 15.3 Å². The van der Waals surface area contributed by atoms with Crippen molar-refractivity contribution >= 4 is 28.7 Å². The molecule has 3 heterocycles. The molecule has 0 radical (unpaired) electrons. The van der Waals surface area contributed by atoms with Crippen molar-refractivity contribution in [3.8, 4) is 11.3 Å². The molecule has 130 valence electrons. The van der Waals surface area contributed by atoms with E-state index in [1.807, 2.05) is 54.0 Å². The van der Waals surface area contributed by atoms with Crippen molar-refractivity contribution < 1.29 is 4.79 Å². The van der Waals surface area contributed by atoms with Crippen molar-refractivity contribution in [1.29, 1.82) is 0 Å². The number of thiazole rings is 1. The number of carbonyl (C=O) groups excluding carboxylic acids is 1. The predicted molar refractivity (Wildman–Crippen MR) is 100 cm³/mol. The van der Waals surface area contributed by atoms with E-state index >= 15 is 0 Å². The fourth-order valence-corrected chi connectivity index (χ4v) is 3.37. The Labute approximate surface area is 152 Å². The van der Waals surface area contributed by atoms with E-state index in [1.54, 1.807) is 11.6 Å². The van der Waals surface area contributed by atoms with Gasteiger partial charge < -0.3 is 5.32 Å². The summed E-state index contributed by atoms with van der Waals surface area (Å²) in [6.45, 7) is 1.82. The molecule has 0 bridgehead atoms.